The summed E-state index contributed by atoms with van der Waals surface area (Å²) in [6.07, 6.45) is 10.8. The molecule has 1 saturated carbocycles. The smallest absolute Gasteiger partial charge is 0 e. The zero-order valence-corrected chi connectivity index (χ0v) is 19.9. The van der Waals surface area contributed by atoms with E-state index in [1.807, 2.05) is 0 Å². The molecular formula is C14H24Cl2HfNSi2-3. The molecular weight excluding hydrogens is 488 g/mol. The fourth-order valence-electron chi connectivity index (χ4n) is 3.17. The van der Waals surface area contributed by atoms with Crippen LogP contribution in [-0.4, -0.2) is 28.0 Å². The van der Waals surface area contributed by atoms with E-state index >= 15 is 0 Å². The molecule has 0 amide bonds. The van der Waals surface area contributed by atoms with Gasteiger partial charge in [0.05, 0.1) is 0 Å². The van der Waals surface area contributed by atoms with Crippen LogP contribution in [0.2, 0.25) is 26.2 Å². The Kier molecular flexibility index (Phi) is 11.8. The number of rotatable bonds is 3. The van der Waals surface area contributed by atoms with Crippen LogP contribution in [0.4, 0.5) is 0 Å². The van der Waals surface area contributed by atoms with Gasteiger partial charge in [0.2, 0.25) is 0 Å². The molecule has 6 heteroatoms. The van der Waals surface area contributed by atoms with E-state index in [2.05, 4.69) is 49.7 Å². The largest absolute Gasteiger partial charge is 1.00 e. The molecule has 0 aromatic rings. The van der Waals surface area contributed by atoms with Gasteiger partial charge in [0, 0.05) is 25.8 Å². The maximum absolute atomic E-state index is 5.24. The molecule has 2 aliphatic rings. The second-order valence-corrected chi connectivity index (χ2v) is 13.0. The molecule has 2 atom stereocenters. The first-order valence-electron chi connectivity index (χ1n) is 6.72. The first-order chi connectivity index (χ1) is 7.98. The first kappa shape index (κ1) is 23.5. The van der Waals surface area contributed by atoms with E-state index in [1.54, 1.807) is 5.57 Å². The summed E-state index contributed by atoms with van der Waals surface area (Å²) < 4.78 is 0. The second-order valence-electron chi connectivity index (χ2n) is 6.13. The molecule has 0 heterocycles. The predicted octanol–water partition coefficient (Wildman–Crippen LogP) is -2.09. The van der Waals surface area contributed by atoms with Crippen LogP contribution in [0.5, 0.6) is 0 Å². The van der Waals surface area contributed by atoms with Gasteiger partial charge in [-0.2, -0.15) is 0 Å². The van der Waals surface area contributed by atoms with Crippen molar-refractivity contribution >= 4 is 21.9 Å². The summed E-state index contributed by atoms with van der Waals surface area (Å²) >= 11 is 0. The summed E-state index contributed by atoms with van der Waals surface area (Å²) in [5, 5.41) is 2.60. The molecule has 0 spiro atoms. The first-order valence-corrected chi connectivity index (χ1v) is 12.3. The van der Waals surface area contributed by atoms with Crippen LogP contribution in [0.15, 0.2) is 23.8 Å². The van der Waals surface area contributed by atoms with Crippen LogP contribution >= 0.6 is 0 Å². The van der Waals surface area contributed by atoms with Crippen LogP contribution in [0, 0.1) is 5.92 Å². The van der Waals surface area contributed by atoms with E-state index in [0.29, 0.717) is 6.04 Å². The minimum Gasteiger partial charge on any atom is -1.00 e. The average molecular weight is 512 g/mol. The number of hydrogen-bond donors (Lipinski definition) is 0. The summed E-state index contributed by atoms with van der Waals surface area (Å²) in [5.74, 6) is 0.812. The molecule has 1 nitrogen and oxygen atoms in total. The molecule has 114 valence electrons. The maximum atomic E-state index is 5.24. The zero-order valence-electron chi connectivity index (χ0n) is 12.8. The van der Waals surface area contributed by atoms with E-state index in [1.165, 1.54) is 19.3 Å². The van der Waals surface area contributed by atoms with E-state index in [9.17, 15) is 0 Å². The number of allylic oxidation sites excluding steroid dienone is 3. The van der Waals surface area contributed by atoms with E-state index in [4.69, 9.17) is 4.98 Å². The van der Waals surface area contributed by atoms with Gasteiger partial charge in [-0.1, -0.05) is 56.4 Å². The van der Waals surface area contributed by atoms with E-state index in [-0.39, 0.29) is 59.1 Å². The summed E-state index contributed by atoms with van der Waals surface area (Å²) in [6.45, 7) is 9.54. The van der Waals surface area contributed by atoms with Gasteiger partial charge in [0.25, 0.3) is 0 Å². The Labute approximate surface area is 158 Å². The minimum atomic E-state index is -1.43. The van der Waals surface area contributed by atoms with Crippen LogP contribution in [-0.2, 0) is 25.8 Å². The fourth-order valence-corrected chi connectivity index (χ4v) is 10.2. The number of nitrogens with zero attached hydrogens (tertiary/aromatic N) is 1. The van der Waals surface area contributed by atoms with Gasteiger partial charge in [0.15, 0.2) is 0 Å². The fraction of sp³-hybridized carbons (Fsp3) is 0.643. The Bertz CT molecular complexity index is 391. The van der Waals surface area contributed by atoms with Crippen LogP contribution in [0.1, 0.15) is 19.3 Å². The molecule has 0 aromatic heterocycles. The Morgan fingerprint density at radius 2 is 1.90 bits per heavy atom. The Morgan fingerprint density at radius 1 is 1.25 bits per heavy atom. The third-order valence-corrected chi connectivity index (χ3v) is 9.73. The van der Waals surface area contributed by atoms with Crippen molar-refractivity contribution in [3.8, 4) is 0 Å². The standard InChI is InChI=1S/C14H24NSi2.2ClH.Hf/c1-16(2)11-17(3,4)15-14-10-9-12-7-5-6-8-13(12)14;;;/h5-6,8,11-12,14H,7,9-10H2,1-4H3;2*1H;/q-1;;;/p-2. The number of halogens is 2. The van der Waals surface area contributed by atoms with Gasteiger partial charge in [-0.15, -0.1) is 11.3 Å². The molecule has 0 aliphatic heterocycles. The van der Waals surface area contributed by atoms with Gasteiger partial charge in [-0.25, -0.2) is 0 Å². The Balaban J connectivity index is 0. The van der Waals surface area contributed by atoms with Crippen molar-refractivity contribution in [1.29, 1.82) is 0 Å². The molecule has 2 rings (SSSR count). The van der Waals surface area contributed by atoms with E-state index in [0.717, 1.165) is 5.92 Å². The van der Waals surface area contributed by atoms with Gasteiger partial charge in [-0.3, -0.25) is 0 Å². The Morgan fingerprint density at radius 3 is 2.50 bits per heavy atom. The SMILES string of the molecule is C[Si](C)=C[Si](C)(C)[N-]C1CCC2CC=CC=C21.[Cl-].[Cl-].[Hf]. The third kappa shape index (κ3) is 6.53. The van der Waals surface area contributed by atoms with Crippen molar-refractivity contribution < 1.29 is 50.7 Å². The van der Waals surface area contributed by atoms with Gasteiger partial charge in [-0.05, 0) is 35.4 Å². The summed E-state index contributed by atoms with van der Waals surface area (Å²) in [7, 11) is -1.68. The van der Waals surface area contributed by atoms with Crippen molar-refractivity contribution in [1.82, 2.24) is 0 Å². The van der Waals surface area contributed by atoms with Gasteiger partial charge in [0.1, 0.15) is 0 Å². The normalized spacial score (nSPS) is 23.5. The van der Waals surface area contributed by atoms with Gasteiger partial charge >= 0.3 is 0 Å². The molecule has 20 heavy (non-hydrogen) atoms. The van der Waals surface area contributed by atoms with Crippen molar-refractivity contribution in [2.24, 2.45) is 5.92 Å². The molecule has 0 N–H and O–H groups in total. The number of fused-ring (bicyclic) bond motifs is 1. The van der Waals surface area contributed by atoms with Crippen LogP contribution in [0.25, 0.3) is 4.98 Å². The summed E-state index contributed by atoms with van der Waals surface area (Å²) in [6, 6.07) is 0.546. The molecule has 2 unspecified atom stereocenters. The third-order valence-electron chi connectivity index (χ3n) is 3.62. The van der Waals surface area contributed by atoms with Crippen LogP contribution < -0.4 is 24.8 Å². The van der Waals surface area contributed by atoms with E-state index < -0.39 is 8.24 Å². The van der Waals surface area contributed by atoms with Crippen molar-refractivity contribution in [3.05, 3.63) is 28.8 Å². The second kappa shape index (κ2) is 10.1. The molecule has 1 fully saturated rings. The average Bonchev–Trinajstić information content (AvgIpc) is 2.59. The van der Waals surface area contributed by atoms with Gasteiger partial charge < -0.3 is 29.8 Å². The summed E-state index contributed by atoms with van der Waals surface area (Å²) in [4.78, 5) is 5.24. The number of hydrogen-bond acceptors (Lipinski definition) is 0. The zero-order chi connectivity index (χ0) is 12.5. The molecule has 0 saturated heterocycles. The predicted molar refractivity (Wildman–Crippen MR) is 82.7 cm³/mol. The minimum absolute atomic E-state index is 0. The Hall–Kier alpha value is 1.19. The van der Waals surface area contributed by atoms with Crippen molar-refractivity contribution in [3.63, 3.8) is 0 Å². The summed E-state index contributed by atoms with van der Waals surface area (Å²) in [5.41, 5.74) is 1.63. The molecule has 0 bridgehead atoms. The van der Waals surface area contributed by atoms with Crippen molar-refractivity contribution in [2.75, 3.05) is 0 Å². The molecule has 2 aliphatic carbocycles. The van der Waals surface area contributed by atoms with Crippen molar-refractivity contribution in [2.45, 2.75) is 51.5 Å². The monoisotopic (exact) mass is 512 g/mol. The maximum Gasteiger partial charge on any atom is 0 e. The molecule has 0 aromatic carbocycles. The topological polar surface area (TPSA) is 14.1 Å². The molecule has 0 radical (unpaired) electrons. The van der Waals surface area contributed by atoms with Crippen LogP contribution in [0.3, 0.4) is 0 Å². The quantitative estimate of drug-likeness (QED) is 0.386.